The van der Waals surface area contributed by atoms with E-state index in [1.807, 2.05) is 0 Å². The molecule has 0 amide bonds. The Morgan fingerprint density at radius 1 is 1.22 bits per heavy atom. The van der Waals surface area contributed by atoms with Gasteiger partial charge in [-0.1, -0.05) is 17.7 Å². The van der Waals surface area contributed by atoms with Gasteiger partial charge in [-0.05, 0) is 24.3 Å². The van der Waals surface area contributed by atoms with Crippen LogP contribution in [0.4, 0.5) is 8.78 Å². The highest BCUT2D eigenvalue weighted by Crippen LogP contribution is 2.24. The number of rotatable bonds is 3. The summed E-state index contributed by atoms with van der Waals surface area (Å²) in [6.07, 6.45) is 1.05. The van der Waals surface area contributed by atoms with E-state index in [9.17, 15) is 8.78 Å². The van der Waals surface area contributed by atoms with E-state index in [0.717, 1.165) is 6.20 Å². The lowest BCUT2D eigenvalue weighted by atomic mass is 10.0. The van der Waals surface area contributed by atoms with E-state index >= 15 is 0 Å². The van der Waals surface area contributed by atoms with Gasteiger partial charge in [0.2, 0.25) is 0 Å². The zero-order valence-electron chi connectivity index (χ0n) is 9.20. The molecule has 94 valence electrons. The lowest BCUT2D eigenvalue weighted by Crippen LogP contribution is -2.30. The summed E-state index contributed by atoms with van der Waals surface area (Å²) in [5.74, 6) is 4.43. The van der Waals surface area contributed by atoms with Crippen molar-refractivity contribution in [3.8, 4) is 0 Å². The normalized spacial score (nSPS) is 12.4. The minimum atomic E-state index is -0.664. The number of hydrogen-bond donors (Lipinski definition) is 2. The van der Waals surface area contributed by atoms with Crippen LogP contribution in [-0.4, -0.2) is 4.98 Å². The number of aromatic nitrogens is 1. The second-order valence-corrected chi connectivity index (χ2v) is 4.10. The third-order valence-electron chi connectivity index (χ3n) is 2.49. The first-order valence-electron chi connectivity index (χ1n) is 5.14. The molecule has 18 heavy (non-hydrogen) atoms. The number of nitrogens with two attached hydrogens (primary N) is 1. The molecule has 1 heterocycles. The lowest BCUT2D eigenvalue weighted by Gasteiger charge is -2.16. The molecule has 0 fully saturated rings. The van der Waals surface area contributed by atoms with Crippen molar-refractivity contribution in [1.29, 1.82) is 0 Å². The van der Waals surface area contributed by atoms with E-state index in [2.05, 4.69) is 10.4 Å². The molecule has 0 spiro atoms. The molecule has 2 aromatic rings. The molecule has 6 heteroatoms. The molecule has 1 atom stereocenters. The third kappa shape index (κ3) is 2.64. The Balaban J connectivity index is 2.41. The predicted octanol–water partition coefficient (Wildman–Crippen LogP) is 2.57. The molecule has 2 rings (SSSR count). The average Bonchev–Trinajstić information content (AvgIpc) is 2.35. The van der Waals surface area contributed by atoms with Crippen LogP contribution in [0, 0.1) is 11.6 Å². The summed E-state index contributed by atoms with van der Waals surface area (Å²) in [4.78, 5) is 3.87. The number of nitrogens with one attached hydrogen (secondary N) is 1. The second kappa shape index (κ2) is 5.39. The van der Waals surface area contributed by atoms with Gasteiger partial charge in [0.25, 0.3) is 0 Å². The summed E-state index contributed by atoms with van der Waals surface area (Å²) in [7, 11) is 0. The molecule has 0 aliphatic rings. The zero-order chi connectivity index (χ0) is 13.1. The number of hydrazine groups is 1. The van der Waals surface area contributed by atoms with Crippen molar-refractivity contribution in [2.75, 3.05) is 0 Å². The van der Waals surface area contributed by atoms with Crippen LogP contribution in [0.2, 0.25) is 5.02 Å². The zero-order valence-corrected chi connectivity index (χ0v) is 9.96. The van der Waals surface area contributed by atoms with Crippen molar-refractivity contribution in [2.45, 2.75) is 6.04 Å². The molecule has 1 aromatic heterocycles. The monoisotopic (exact) mass is 269 g/mol. The molecule has 1 unspecified atom stereocenters. The molecule has 0 bridgehead atoms. The van der Waals surface area contributed by atoms with Gasteiger partial charge in [0, 0.05) is 10.6 Å². The summed E-state index contributed by atoms with van der Waals surface area (Å²) in [6.45, 7) is 0. The molecule has 0 aliphatic heterocycles. The maximum absolute atomic E-state index is 13.8. The van der Waals surface area contributed by atoms with Crippen LogP contribution in [0.5, 0.6) is 0 Å². The van der Waals surface area contributed by atoms with Crippen LogP contribution in [0.25, 0.3) is 0 Å². The predicted molar refractivity (Wildman–Crippen MR) is 64.8 cm³/mol. The number of halogens is 3. The Labute approximate surface area is 108 Å². The Bertz CT molecular complexity index is 546. The van der Waals surface area contributed by atoms with E-state index < -0.39 is 17.7 Å². The fourth-order valence-electron chi connectivity index (χ4n) is 1.63. The third-order valence-corrected chi connectivity index (χ3v) is 2.72. The van der Waals surface area contributed by atoms with Crippen LogP contribution in [0.1, 0.15) is 17.3 Å². The molecule has 3 nitrogen and oxygen atoms in total. The Morgan fingerprint density at radius 2 is 2.00 bits per heavy atom. The van der Waals surface area contributed by atoms with Gasteiger partial charge in [-0.15, -0.1) is 0 Å². The SMILES string of the molecule is NNC(c1ccc(F)cn1)c1ccc(Cl)cc1F. The Kier molecular flexibility index (Phi) is 3.86. The summed E-state index contributed by atoms with van der Waals surface area (Å²) in [6, 6.07) is 6.25. The van der Waals surface area contributed by atoms with Gasteiger partial charge < -0.3 is 0 Å². The maximum Gasteiger partial charge on any atom is 0.141 e. The smallest absolute Gasteiger partial charge is 0.141 e. The van der Waals surface area contributed by atoms with Crippen LogP contribution < -0.4 is 11.3 Å². The van der Waals surface area contributed by atoms with Crippen LogP contribution in [0.3, 0.4) is 0 Å². The molecule has 1 aromatic carbocycles. The van der Waals surface area contributed by atoms with Gasteiger partial charge in [-0.3, -0.25) is 10.8 Å². The second-order valence-electron chi connectivity index (χ2n) is 3.67. The van der Waals surface area contributed by atoms with E-state index in [1.54, 1.807) is 6.07 Å². The minimum Gasteiger partial charge on any atom is -0.271 e. The topological polar surface area (TPSA) is 50.9 Å². The number of benzene rings is 1. The summed E-state index contributed by atoms with van der Waals surface area (Å²) in [5, 5.41) is 0.291. The summed E-state index contributed by atoms with van der Waals surface area (Å²) >= 11 is 5.67. The minimum absolute atomic E-state index is 0.291. The lowest BCUT2D eigenvalue weighted by molar-refractivity contribution is 0.549. The Morgan fingerprint density at radius 3 is 2.56 bits per heavy atom. The molecule has 0 saturated heterocycles. The van der Waals surface area contributed by atoms with Crippen molar-refractivity contribution >= 4 is 11.6 Å². The van der Waals surface area contributed by atoms with Crippen molar-refractivity contribution in [2.24, 2.45) is 5.84 Å². The molecule has 0 radical (unpaired) electrons. The van der Waals surface area contributed by atoms with Crippen LogP contribution in [0.15, 0.2) is 36.5 Å². The Hall–Kier alpha value is -1.56. The fourth-order valence-corrected chi connectivity index (χ4v) is 1.79. The van der Waals surface area contributed by atoms with Crippen molar-refractivity contribution in [3.63, 3.8) is 0 Å². The highest BCUT2D eigenvalue weighted by atomic mass is 35.5. The fraction of sp³-hybridized carbons (Fsp3) is 0.0833. The van der Waals surface area contributed by atoms with Crippen LogP contribution in [-0.2, 0) is 0 Å². The van der Waals surface area contributed by atoms with E-state index in [0.29, 0.717) is 16.3 Å². The largest absolute Gasteiger partial charge is 0.271 e. The van der Waals surface area contributed by atoms with Gasteiger partial charge in [0.1, 0.15) is 11.6 Å². The highest BCUT2D eigenvalue weighted by Gasteiger charge is 2.18. The van der Waals surface area contributed by atoms with Crippen LogP contribution >= 0.6 is 11.6 Å². The first-order chi connectivity index (χ1) is 8.61. The van der Waals surface area contributed by atoms with E-state index in [4.69, 9.17) is 17.4 Å². The number of nitrogens with zero attached hydrogens (tertiary/aromatic N) is 1. The first kappa shape index (κ1) is 12.9. The summed E-state index contributed by atoms with van der Waals surface area (Å²) in [5.41, 5.74) is 3.16. The molecule has 0 aliphatic carbocycles. The first-order valence-corrected chi connectivity index (χ1v) is 5.52. The average molecular weight is 270 g/mol. The molecule has 0 saturated carbocycles. The molecule has 3 N–H and O–H groups in total. The van der Waals surface area contributed by atoms with Crippen molar-refractivity contribution in [1.82, 2.24) is 10.4 Å². The van der Waals surface area contributed by atoms with E-state index in [1.165, 1.54) is 24.3 Å². The number of hydrogen-bond acceptors (Lipinski definition) is 3. The standard InChI is InChI=1S/C12H10ClF2N3/c13-7-1-3-9(10(15)5-7)12(18-16)11-4-2-8(14)6-17-11/h1-6,12,18H,16H2. The van der Waals surface area contributed by atoms with E-state index in [-0.39, 0.29) is 0 Å². The highest BCUT2D eigenvalue weighted by molar-refractivity contribution is 6.30. The van der Waals surface area contributed by atoms with Gasteiger partial charge in [-0.2, -0.15) is 0 Å². The van der Waals surface area contributed by atoms with Crippen molar-refractivity contribution in [3.05, 3.63) is 64.4 Å². The van der Waals surface area contributed by atoms with Crippen molar-refractivity contribution < 1.29 is 8.78 Å². The van der Waals surface area contributed by atoms with Gasteiger partial charge in [0.05, 0.1) is 17.9 Å². The molecular formula is C12H10ClF2N3. The van der Waals surface area contributed by atoms with Gasteiger partial charge in [0.15, 0.2) is 0 Å². The quantitative estimate of drug-likeness (QED) is 0.665. The van der Waals surface area contributed by atoms with Gasteiger partial charge in [-0.25, -0.2) is 14.2 Å². The maximum atomic E-state index is 13.8. The van der Waals surface area contributed by atoms with Gasteiger partial charge >= 0.3 is 0 Å². The number of pyridine rings is 1. The summed E-state index contributed by atoms with van der Waals surface area (Å²) < 4.78 is 26.6. The molecular weight excluding hydrogens is 260 g/mol.